The van der Waals surface area contributed by atoms with E-state index < -0.39 is 17.0 Å². The molecule has 4 rings (SSSR count). The summed E-state index contributed by atoms with van der Waals surface area (Å²) in [4.78, 5) is 56.6. The molecule has 3 aromatic rings. The van der Waals surface area contributed by atoms with Gasteiger partial charge in [0.05, 0.1) is 16.7 Å². The molecule has 160 valence electrons. The van der Waals surface area contributed by atoms with Gasteiger partial charge in [-0.15, -0.1) is 6.58 Å². The first-order chi connectivity index (χ1) is 14.8. The van der Waals surface area contributed by atoms with Gasteiger partial charge in [-0.3, -0.25) is 28.5 Å². The summed E-state index contributed by atoms with van der Waals surface area (Å²) in [7, 11) is 0. The number of Topliss-reactive ketones (excluding diaryl/α,β-unsaturated/α-hetero) is 1. The van der Waals surface area contributed by atoms with Gasteiger partial charge in [0.15, 0.2) is 10.9 Å². The quantitative estimate of drug-likeness (QED) is 0.239. The molecule has 0 aliphatic heterocycles. The van der Waals surface area contributed by atoms with Crippen LogP contribution in [0.15, 0.2) is 50.4 Å². The number of allylic oxidation sites excluding steroid dienone is 1. The highest BCUT2D eigenvalue weighted by Gasteiger charge is 2.30. The largest absolute Gasteiger partial charge is 0.384 e. The molecule has 1 aromatic carbocycles. The molecule has 0 atom stereocenters. The summed E-state index contributed by atoms with van der Waals surface area (Å²) < 4.78 is 2.64. The fraction of sp³-hybridized carbons (Fsp3) is 0.250. The lowest BCUT2D eigenvalue weighted by Crippen LogP contribution is -2.36. The van der Waals surface area contributed by atoms with E-state index in [1.54, 1.807) is 24.3 Å². The van der Waals surface area contributed by atoms with Crippen molar-refractivity contribution in [2.24, 2.45) is 0 Å². The third kappa shape index (κ3) is 3.96. The molecule has 1 saturated carbocycles. The number of H-pyrrole nitrogens is 1. The van der Waals surface area contributed by atoms with Crippen LogP contribution in [-0.4, -0.2) is 30.6 Å². The Labute approximate surface area is 184 Å². The second-order valence-electron chi connectivity index (χ2n) is 7.09. The Hall–Kier alpha value is -3.11. The zero-order valence-electron chi connectivity index (χ0n) is 16.3. The van der Waals surface area contributed by atoms with Crippen LogP contribution in [0.5, 0.6) is 0 Å². The van der Waals surface area contributed by atoms with E-state index in [0.29, 0.717) is 15.9 Å². The van der Waals surface area contributed by atoms with Crippen molar-refractivity contribution in [2.75, 3.05) is 11.5 Å². The monoisotopic (exact) mass is 459 g/mol. The van der Waals surface area contributed by atoms with E-state index in [0.717, 1.165) is 24.6 Å². The number of nitrogen functional groups attached to an aromatic ring is 1. The third-order valence-electron chi connectivity index (χ3n) is 4.90. The first-order valence-corrected chi connectivity index (χ1v) is 10.8. The third-order valence-corrected chi connectivity index (χ3v) is 6.11. The van der Waals surface area contributed by atoms with Crippen molar-refractivity contribution in [3.8, 4) is 0 Å². The molecule has 1 fully saturated rings. The first-order valence-electron chi connectivity index (χ1n) is 9.43. The van der Waals surface area contributed by atoms with Crippen molar-refractivity contribution in [1.82, 2.24) is 19.1 Å². The van der Waals surface area contributed by atoms with Gasteiger partial charge in [-0.1, -0.05) is 29.4 Å². The zero-order chi connectivity index (χ0) is 22.3. The number of aromatic nitrogens is 4. The van der Waals surface area contributed by atoms with Gasteiger partial charge in [0.2, 0.25) is 0 Å². The van der Waals surface area contributed by atoms with Crippen LogP contribution in [-0.2, 0) is 6.54 Å². The highest BCUT2D eigenvalue weighted by atomic mass is 35.5. The summed E-state index contributed by atoms with van der Waals surface area (Å²) in [5, 5.41) is 1.09. The van der Waals surface area contributed by atoms with Gasteiger partial charge in [-0.25, -0.2) is 9.78 Å². The fourth-order valence-corrected chi connectivity index (χ4v) is 4.35. The molecular weight excluding hydrogens is 442 g/mol. The minimum Gasteiger partial charge on any atom is -0.384 e. The van der Waals surface area contributed by atoms with Gasteiger partial charge < -0.3 is 5.73 Å². The molecule has 3 N–H and O–H groups in total. The molecule has 0 unspecified atom stereocenters. The van der Waals surface area contributed by atoms with Gasteiger partial charge in [0.25, 0.3) is 11.1 Å². The summed E-state index contributed by atoms with van der Waals surface area (Å²) in [6.07, 6.45) is 3.07. The lowest BCUT2D eigenvalue weighted by atomic mass is 10.2. The maximum absolute atomic E-state index is 12.9. The normalized spacial score (nSPS) is 13.5. The number of nitrogens with two attached hydrogens (primary N) is 1. The number of nitrogens with one attached hydrogen (secondary N) is 1. The second kappa shape index (κ2) is 8.20. The van der Waals surface area contributed by atoms with Crippen LogP contribution < -0.4 is 22.5 Å². The predicted molar refractivity (Wildman–Crippen MR) is 120 cm³/mol. The van der Waals surface area contributed by atoms with Gasteiger partial charge in [0.1, 0.15) is 11.4 Å². The summed E-state index contributed by atoms with van der Waals surface area (Å²) >= 11 is 7.01. The summed E-state index contributed by atoms with van der Waals surface area (Å²) in [6, 6.07) is 4.66. The lowest BCUT2D eigenvalue weighted by Gasteiger charge is -2.13. The minimum atomic E-state index is -0.827. The molecule has 0 spiro atoms. The zero-order valence-corrected chi connectivity index (χ0v) is 17.8. The molecule has 0 bridgehead atoms. The van der Waals surface area contributed by atoms with Gasteiger partial charge in [-0.05, 0) is 31.0 Å². The van der Waals surface area contributed by atoms with E-state index in [2.05, 4.69) is 16.5 Å². The topological polar surface area (TPSA) is 133 Å². The Morgan fingerprint density at radius 3 is 2.77 bits per heavy atom. The Kier molecular flexibility index (Phi) is 5.59. The summed E-state index contributed by atoms with van der Waals surface area (Å²) in [5.41, 5.74) is 4.39. The Balaban J connectivity index is 1.70. The molecule has 0 saturated heterocycles. The standard InChI is InChI=1S/C20H18ClN5O4S/c1-2-7-25-18(29)12-6-3-10(21)8-13(12)23-20(25)31-9-14(27)15-16(22)26(11-4-5-11)19(30)24-17(15)28/h2-3,6,8,11H,1,4-5,7,9,22H2,(H,24,28,30). The number of carbonyl (C=O) groups is 1. The summed E-state index contributed by atoms with van der Waals surface area (Å²) in [6.45, 7) is 3.85. The molecular formula is C20H18ClN5O4S. The molecule has 2 heterocycles. The molecule has 11 heteroatoms. The number of fused-ring (bicyclic) bond motifs is 1. The van der Waals surface area contributed by atoms with Crippen molar-refractivity contribution in [3.05, 3.63) is 72.6 Å². The fourth-order valence-electron chi connectivity index (χ4n) is 3.31. The Morgan fingerprint density at radius 2 is 2.10 bits per heavy atom. The number of aromatic amines is 1. The smallest absolute Gasteiger partial charge is 0.330 e. The van der Waals surface area contributed by atoms with Crippen molar-refractivity contribution < 1.29 is 4.79 Å². The minimum absolute atomic E-state index is 0.103. The maximum Gasteiger partial charge on any atom is 0.330 e. The van der Waals surface area contributed by atoms with E-state index in [4.69, 9.17) is 17.3 Å². The maximum atomic E-state index is 12.9. The van der Waals surface area contributed by atoms with Crippen LogP contribution in [0.4, 0.5) is 5.82 Å². The number of thioether (sulfide) groups is 1. The number of hydrogen-bond donors (Lipinski definition) is 2. The van der Waals surface area contributed by atoms with Gasteiger partial charge >= 0.3 is 5.69 Å². The number of nitrogens with zero attached hydrogens (tertiary/aromatic N) is 3. The van der Waals surface area contributed by atoms with Crippen LogP contribution in [0.25, 0.3) is 10.9 Å². The van der Waals surface area contributed by atoms with Crippen molar-refractivity contribution >= 4 is 45.9 Å². The number of halogens is 1. The number of anilines is 1. The van der Waals surface area contributed by atoms with Crippen LogP contribution in [0.2, 0.25) is 5.02 Å². The number of rotatable bonds is 7. The Bertz CT molecular complexity index is 1400. The molecule has 31 heavy (non-hydrogen) atoms. The average Bonchev–Trinajstić information content (AvgIpc) is 3.53. The van der Waals surface area contributed by atoms with E-state index in [9.17, 15) is 19.2 Å². The number of benzene rings is 1. The molecule has 1 aliphatic carbocycles. The van der Waals surface area contributed by atoms with Crippen LogP contribution in [0.3, 0.4) is 0 Å². The number of hydrogen-bond acceptors (Lipinski definition) is 7. The predicted octanol–water partition coefficient (Wildman–Crippen LogP) is 1.98. The second-order valence-corrected chi connectivity index (χ2v) is 8.47. The van der Waals surface area contributed by atoms with Crippen molar-refractivity contribution in [1.29, 1.82) is 0 Å². The molecule has 0 amide bonds. The van der Waals surface area contributed by atoms with Gasteiger partial charge in [-0.2, -0.15) is 0 Å². The highest BCUT2D eigenvalue weighted by molar-refractivity contribution is 7.99. The molecule has 2 aromatic heterocycles. The molecule has 9 nitrogen and oxygen atoms in total. The SMILES string of the molecule is C=CCn1c(SCC(=O)c2c(N)n(C3CC3)c(=O)[nH]c2=O)nc2cc(Cl)ccc2c1=O. The molecule has 0 radical (unpaired) electrons. The van der Waals surface area contributed by atoms with Crippen LogP contribution >= 0.6 is 23.4 Å². The molecule has 1 aliphatic rings. The highest BCUT2D eigenvalue weighted by Crippen LogP contribution is 2.35. The van der Waals surface area contributed by atoms with Crippen LogP contribution in [0.1, 0.15) is 29.2 Å². The average molecular weight is 460 g/mol. The van der Waals surface area contributed by atoms with Crippen molar-refractivity contribution in [3.63, 3.8) is 0 Å². The van der Waals surface area contributed by atoms with Crippen molar-refractivity contribution in [2.45, 2.75) is 30.6 Å². The first kappa shape index (κ1) is 21.1. The van der Waals surface area contributed by atoms with E-state index in [1.807, 2.05) is 0 Å². The van der Waals surface area contributed by atoms with E-state index in [-0.39, 0.29) is 40.4 Å². The Morgan fingerprint density at radius 1 is 1.35 bits per heavy atom. The lowest BCUT2D eigenvalue weighted by molar-refractivity contribution is 0.102. The van der Waals surface area contributed by atoms with Gasteiger partial charge in [0, 0.05) is 17.6 Å². The number of ketones is 1. The van der Waals surface area contributed by atoms with E-state index >= 15 is 0 Å². The van der Waals surface area contributed by atoms with E-state index in [1.165, 1.54) is 9.13 Å². The number of carbonyl (C=O) groups excluding carboxylic acids is 1. The van der Waals surface area contributed by atoms with Crippen LogP contribution in [0, 0.1) is 0 Å². The summed E-state index contributed by atoms with van der Waals surface area (Å²) in [5.74, 6) is -0.904.